The minimum absolute atomic E-state index is 0.0126. The maximum absolute atomic E-state index is 12.4. The van der Waals surface area contributed by atoms with Gasteiger partial charge in [-0.3, -0.25) is 4.79 Å². The molecule has 1 saturated heterocycles. The summed E-state index contributed by atoms with van der Waals surface area (Å²) in [5, 5.41) is 4.22. The normalized spacial score (nSPS) is 41.6. The Morgan fingerprint density at radius 2 is 1.71 bits per heavy atom. The first kappa shape index (κ1) is 39.2. The van der Waals surface area contributed by atoms with E-state index in [1.54, 1.807) is 5.57 Å². The topological polar surface area (TPSA) is 70.8 Å². The number of hydrogen-bond donors (Lipinski definition) is 1. The SMILES string of the molecule is [C-]#[N+]CC(=O)CC(C)(C)CCC1=CC[C@]2(C)[C@H]3CC[C@@H]4[C@H]5[C@H](C(=C)C)CC[C@]5(NCCN5CCS(=O)(=O)CC5)CC[C@@]4(C)[C@]3(C)CC[C@H]2C1(C)C. The smallest absolute Gasteiger partial charge is 0.272 e. The van der Waals surface area contributed by atoms with Gasteiger partial charge >= 0.3 is 0 Å². The molecule has 0 aromatic carbocycles. The first-order valence-corrected chi connectivity index (χ1v) is 22.4. The predicted molar refractivity (Wildman–Crippen MR) is 210 cm³/mol. The molecule has 6 rings (SSSR count). The maximum atomic E-state index is 12.4. The minimum Gasteiger partial charge on any atom is -0.310 e. The lowest BCUT2D eigenvalue weighted by Crippen LogP contribution is -2.68. The van der Waals surface area contributed by atoms with Gasteiger partial charge in [-0.1, -0.05) is 72.3 Å². The van der Waals surface area contributed by atoms with Gasteiger partial charge in [0, 0.05) is 38.1 Å². The van der Waals surface area contributed by atoms with Crippen LogP contribution < -0.4 is 5.32 Å². The second kappa shape index (κ2) is 13.7. The number of fused-ring (bicyclic) bond motifs is 7. The summed E-state index contributed by atoms with van der Waals surface area (Å²) < 4.78 is 24.1. The van der Waals surface area contributed by atoms with Gasteiger partial charge in [0.25, 0.3) is 6.54 Å². The number of sulfone groups is 1. The molecule has 1 N–H and O–H groups in total. The Morgan fingerprint density at radius 1 is 1.00 bits per heavy atom. The molecule has 0 unspecified atom stereocenters. The summed E-state index contributed by atoms with van der Waals surface area (Å²) >= 11 is 0. The Morgan fingerprint density at radius 3 is 2.37 bits per heavy atom. The number of rotatable bonds is 11. The highest BCUT2D eigenvalue weighted by Gasteiger charge is 2.70. The van der Waals surface area contributed by atoms with E-state index in [0.717, 1.165) is 25.9 Å². The van der Waals surface area contributed by atoms with Crippen LogP contribution in [0.15, 0.2) is 23.8 Å². The Hall–Kier alpha value is -1.49. The summed E-state index contributed by atoms with van der Waals surface area (Å²) in [6, 6.07) is 0. The van der Waals surface area contributed by atoms with E-state index < -0.39 is 9.84 Å². The second-order valence-electron chi connectivity index (χ2n) is 20.6. The van der Waals surface area contributed by atoms with Crippen molar-refractivity contribution in [1.29, 1.82) is 0 Å². The Kier molecular flexibility index (Phi) is 10.5. The van der Waals surface area contributed by atoms with Crippen LogP contribution in [0.3, 0.4) is 0 Å². The number of hydrogen-bond acceptors (Lipinski definition) is 5. The van der Waals surface area contributed by atoms with Crippen molar-refractivity contribution in [3.8, 4) is 0 Å². The van der Waals surface area contributed by atoms with Gasteiger partial charge in [0.1, 0.15) is 0 Å². The Bertz CT molecular complexity index is 1540. The molecule has 4 saturated carbocycles. The molecule has 0 aromatic heterocycles. The number of ketones is 1. The van der Waals surface area contributed by atoms with E-state index in [4.69, 9.17) is 6.57 Å². The second-order valence-corrected chi connectivity index (χ2v) is 22.9. The zero-order valence-corrected chi connectivity index (χ0v) is 34.5. The number of carbonyl (C=O) groups excluding carboxylic acids is 1. The molecular weight excluding hydrogens is 651 g/mol. The largest absolute Gasteiger partial charge is 0.310 e. The number of Topliss-reactive ketones (excluding diaryl/α,β-unsaturated/α-hetero) is 1. The molecule has 0 aromatic rings. The summed E-state index contributed by atoms with van der Waals surface area (Å²) in [6.45, 7) is 34.9. The highest BCUT2D eigenvalue weighted by Crippen LogP contribution is 2.76. The van der Waals surface area contributed by atoms with Crippen molar-refractivity contribution in [1.82, 2.24) is 10.2 Å². The highest BCUT2D eigenvalue weighted by atomic mass is 32.2. The molecule has 0 bridgehead atoms. The third-order valence-corrected chi connectivity index (χ3v) is 18.8. The van der Waals surface area contributed by atoms with E-state index in [1.807, 2.05) is 0 Å². The molecule has 5 aliphatic carbocycles. The molecule has 5 fully saturated rings. The molecule has 6 aliphatic rings. The summed E-state index contributed by atoms with van der Waals surface area (Å²) in [4.78, 5) is 18.1. The van der Waals surface area contributed by atoms with E-state index in [2.05, 4.69) is 83.1 Å². The van der Waals surface area contributed by atoms with E-state index in [0.29, 0.717) is 71.4 Å². The lowest BCUT2D eigenvalue weighted by Gasteiger charge is -2.72. The first-order chi connectivity index (χ1) is 23.7. The van der Waals surface area contributed by atoms with E-state index >= 15 is 0 Å². The molecule has 286 valence electrons. The lowest BCUT2D eigenvalue weighted by molar-refractivity contribution is -0.221. The lowest BCUT2D eigenvalue weighted by atomic mass is 9.33. The van der Waals surface area contributed by atoms with E-state index in [9.17, 15) is 13.2 Å². The fourth-order valence-corrected chi connectivity index (χ4v) is 15.5. The van der Waals surface area contributed by atoms with Crippen molar-refractivity contribution >= 4 is 15.6 Å². The van der Waals surface area contributed by atoms with Gasteiger partial charge in [0.15, 0.2) is 9.84 Å². The standard InChI is InChI=1S/C44H71N3O3S/c1-31(2)34-15-20-44(46-23-24-47-25-27-51(49,50)28-26-47)22-21-42(8)35(38(34)44)11-12-37-41(7)18-14-32(13-17-39(3,4)29-33(48)30-45-10)40(5,6)36(41)16-19-43(37,42)9/h14,34-38,46H,1,11-13,15-30H2,2-9H3/t34-,35+,36-,37+,38+,41-,42+,43+,44-/m0/s1. The van der Waals surface area contributed by atoms with Crippen molar-refractivity contribution in [3.05, 3.63) is 35.2 Å². The van der Waals surface area contributed by atoms with Crippen LogP contribution in [0.25, 0.3) is 4.85 Å². The first-order valence-electron chi connectivity index (χ1n) is 20.6. The number of allylic oxidation sites excluding steroid dienone is 3. The summed E-state index contributed by atoms with van der Waals surface area (Å²) in [7, 11) is -2.86. The molecule has 6 nitrogen and oxygen atoms in total. The molecule has 7 heteroatoms. The molecule has 0 amide bonds. The van der Waals surface area contributed by atoms with Gasteiger partial charge in [0.05, 0.1) is 11.5 Å². The number of carbonyl (C=O) groups is 1. The highest BCUT2D eigenvalue weighted by molar-refractivity contribution is 7.91. The van der Waals surface area contributed by atoms with Crippen molar-refractivity contribution in [2.24, 2.45) is 56.7 Å². The maximum Gasteiger partial charge on any atom is 0.272 e. The molecule has 0 spiro atoms. The van der Waals surface area contributed by atoms with Crippen molar-refractivity contribution in [2.45, 2.75) is 138 Å². The van der Waals surface area contributed by atoms with Gasteiger partial charge in [-0.25, -0.2) is 15.0 Å². The molecular formula is C44H71N3O3S. The van der Waals surface area contributed by atoms with E-state index in [-0.39, 0.29) is 34.1 Å². The number of nitrogens with zero attached hydrogens (tertiary/aromatic N) is 2. The molecule has 51 heavy (non-hydrogen) atoms. The predicted octanol–water partition coefficient (Wildman–Crippen LogP) is 8.94. The van der Waals surface area contributed by atoms with Gasteiger partial charge in [-0.05, 0) is 134 Å². The molecule has 1 heterocycles. The van der Waals surface area contributed by atoms with Crippen LogP contribution in [0.5, 0.6) is 0 Å². The van der Waals surface area contributed by atoms with Gasteiger partial charge in [-0.15, -0.1) is 0 Å². The zero-order valence-electron chi connectivity index (χ0n) is 33.6. The molecule has 1 aliphatic heterocycles. The zero-order chi connectivity index (χ0) is 37.3. The van der Waals surface area contributed by atoms with Crippen LogP contribution >= 0.6 is 0 Å². The third-order valence-electron chi connectivity index (χ3n) is 17.2. The van der Waals surface area contributed by atoms with Crippen LogP contribution in [-0.4, -0.2) is 68.9 Å². The minimum atomic E-state index is -2.86. The van der Waals surface area contributed by atoms with Gasteiger partial charge in [-0.2, -0.15) is 0 Å². The quantitative estimate of drug-likeness (QED) is 0.171. The summed E-state index contributed by atoms with van der Waals surface area (Å²) in [6.07, 6.45) is 16.7. The van der Waals surface area contributed by atoms with Crippen molar-refractivity contribution in [2.75, 3.05) is 44.2 Å². The average molecular weight is 722 g/mol. The van der Waals surface area contributed by atoms with Crippen LogP contribution in [0.1, 0.15) is 132 Å². The summed E-state index contributed by atoms with van der Waals surface area (Å²) in [5.41, 5.74) is 4.10. The molecule has 9 atom stereocenters. The monoisotopic (exact) mass is 722 g/mol. The fourth-order valence-electron chi connectivity index (χ4n) is 14.2. The van der Waals surface area contributed by atoms with Crippen LogP contribution in [0, 0.1) is 63.2 Å². The van der Waals surface area contributed by atoms with Crippen LogP contribution in [0.2, 0.25) is 0 Å². The third kappa shape index (κ3) is 6.77. The van der Waals surface area contributed by atoms with E-state index in [1.165, 1.54) is 63.4 Å². The van der Waals surface area contributed by atoms with Gasteiger partial charge in [0.2, 0.25) is 5.78 Å². The summed E-state index contributed by atoms with van der Waals surface area (Å²) in [5.74, 6) is 3.96. The van der Waals surface area contributed by atoms with Crippen molar-refractivity contribution in [3.63, 3.8) is 0 Å². The van der Waals surface area contributed by atoms with Gasteiger partial charge < -0.3 is 15.1 Å². The average Bonchev–Trinajstić information content (AvgIpc) is 3.41. The Balaban J connectivity index is 1.20. The van der Waals surface area contributed by atoms with Crippen molar-refractivity contribution < 1.29 is 13.2 Å². The van der Waals surface area contributed by atoms with Crippen LogP contribution in [0.4, 0.5) is 0 Å². The van der Waals surface area contributed by atoms with Crippen LogP contribution in [-0.2, 0) is 14.6 Å². The fraction of sp³-hybridized carbons (Fsp3) is 0.864. The molecule has 0 radical (unpaired) electrons. The Labute approximate surface area is 312 Å². The number of nitrogens with one attached hydrogen (secondary N) is 1.